The molecule has 0 heterocycles. The average molecular weight is 206 g/mol. The molecular formula is C11H10O4. The molecule has 4 nitrogen and oxygen atoms in total. The van der Waals surface area contributed by atoms with Gasteiger partial charge < -0.3 is 9.84 Å². The van der Waals surface area contributed by atoms with E-state index in [0.29, 0.717) is 18.4 Å². The summed E-state index contributed by atoms with van der Waals surface area (Å²) in [5.74, 6) is -1.64. The van der Waals surface area contributed by atoms with E-state index in [4.69, 9.17) is 9.84 Å². The van der Waals surface area contributed by atoms with Crippen molar-refractivity contribution in [1.82, 2.24) is 0 Å². The third-order valence-electron chi connectivity index (χ3n) is 2.39. The zero-order chi connectivity index (χ0) is 10.9. The maximum Gasteiger partial charge on any atom is 0.348 e. The van der Waals surface area contributed by atoms with Crippen LogP contribution in [0.3, 0.4) is 0 Å². The van der Waals surface area contributed by atoms with E-state index in [1.54, 1.807) is 30.3 Å². The van der Waals surface area contributed by atoms with E-state index in [1.807, 2.05) is 0 Å². The predicted molar refractivity (Wildman–Crippen MR) is 51.5 cm³/mol. The van der Waals surface area contributed by atoms with Crippen LogP contribution in [0.15, 0.2) is 30.3 Å². The lowest BCUT2D eigenvalue weighted by Crippen LogP contribution is -2.28. The quantitative estimate of drug-likeness (QED) is 0.760. The van der Waals surface area contributed by atoms with Gasteiger partial charge in [0.05, 0.1) is 5.56 Å². The number of hydrogen-bond donors (Lipinski definition) is 1. The molecule has 0 bridgehead atoms. The minimum absolute atomic E-state index is 0.380. The van der Waals surface area contributed by atoms with Gasteiger partial charge in [-0.2, -0.15) is 0 Å². The van der Waals surface area contributed by atoms with Crippen LogP contribution in [-0.4, -0.2) is 22.6 Å². The first-order chi connectivity index (χ1) is 7.14. The standard InChI is InChI=1S/C11H10O4/c12-9(8-4-2-1-3-5-8)15-11(6-7-11)10(13)14/h1-5H,6-7H2,(H,13,14). The van der Waals surface area contributed by atoms with Crippen LogP contribution in [0.5, 0.6) is 0 Å². The maximum atomic E-state index is 11.5. The number of hydrogen-bond acceptors (Lipinski definition) is 3. The van der Waals surface area contributed by atoms with Crippen LogP contribution < -0.4 is 0 Å². The second kappa shape index (κ2) is 3.38. The van der Waals surface area contributed by atoms with E-state index in [1.165, 1.54) is 0 Å². The number of rotatable bonds is 3. The van der Waals surface area contributed by atoms with Gasteiger partial charge in [-0.15, -0.1) is 0 Å². The number of ether oxygens (including phenoxy) is 1. The number of carboxylic acids is 1. The lowest BCUT2D eigenvalue weighted by molar-refractivity contribution is -0.149. The molecule has 0 spiro atoms. The summed E-state index contributed by atoms with van der Waals surface area (Å²) in [5.41, 5.74) is -0.877. The molecular weight excluding hydrogens is 196 g/mol. The van der Waals surface area contributed by atoms with Crippen LogP contribution in [0.4, 0.5) is 0 Å². The molecule has 1 aliphatic carbocycles. The zero-order valence-electron chi connectivity index (χ0n) is 7.97. The minimum atomic E-state index is -1.26. The monoisotopic (exact) mass is 206 g/mol. The Labute approximate surface area is 86.5 Å². The molecule has 1 saturated carbocycles. The third kappa shape index (κ3) is 1.83. The van der Waals surface area contributed by atoms with Crippen LogP contribution in [0.1, 0.15) is 23.2 Å². The molecule has 0 aliphatic heterocycles. The summed E-state index contributed by atoms with van der Waals surface area (Å²) in [6, 6.07) is 8.38. The van der Waals surface area contributed by atoms with Gasteiger partial charge in [-0.05, 0) is 12.1 Å². The van der Waals surface area contributed by atoms with Crippen LogP contribution in [-0.2, 0) is 9.53 Å². The second-order valence-electron chi connectivity index (χ2n) is 3.55. The Balaban J connectivity index is 2.08. The normalized spacial score (nSPS) is 16.8. The summed E-state index contributed by atoms with van der Waals surface area (Å²) in [7, 11) is 0. The lowest BCUT2D eigenvalue weighted by Gasteiger charge is -2.11. The van der Waals surface area contributed by atoms with Crippen molar-refractivity contribution in [2.24, 2.45) is 0 Å². The molecule has 0 saturated heterocycles. The summed E-state index contributed by atoms with van der Waals surface area (Å²) < 4.78 is 4.96. The lowest BCUT2D eigenvalue weighted by atomic mass is 10.2. The molecule has 1 N–H and O–H groups in total. The van der Waals surface area contributed by atoms with Crippen LogP contribution in [0.2, 0.25) is 0 Å². The highest BCUT2D eigenvalue weighted by Gasteiger charge is 2.54. The van der Waals surface area contributed by atoms with Gasteiger partial charge in [0.1, 0.15) is 0 Å². The van der Waals surface area contributed by atoms with E-state index in [0.717, 1.165) is 0 Å². The predicted octanol–water partition coefficient (Wildman–Crippen LogP) is 1.46. The molecule has 1 aliphatic rings. The summed E-state index contributed by atoms with van der Waals surface area (Å²) >= 11 is 0. The molecule has 4 heteroatoms. The fourth-order valence-electron chi connectivity index (χ4n) is 1.28. The molecule has 1 fully saturated rings. The molecule has 78 valence electrons. The van der Waals surface area contributed by atoms with Crippen molar-refractivity contribution in [2.45, 2.75) is 18.4 Å². The van der Waals surface area contributed by atoms with Crippen LogP contribution in [0, 0.1) is 0 Å². The number of carbonyl (C=O) groups is 2. The molecule has 2 rings (SSSR count). The third-order valence-corrected chi connectivity index (χ3v) is 2.39. The Morgan fingerprint density at radius 2 is 1.80 bits per heavy atom. The number of carboxylic acid groups (broad SMARTS) is 1. The summed E-state index contributed by atoms with van der Waals surface area (Å²) in [6.45, 7) is 0. The number of esters is 1. The van der Waals surface area contributed by atoms with Gasteiger partial charge in [0.25, 0.3) is 0 Å². The van der Waals surface area contributed by atoms with Crippen molar-refractivity contribution in [3.8, 4) is 0 Å². The maximum absolute atomic E-state index is 11.5. The van der Waals surface area contributed by atoms with E-state index < -0.39 is 17.5 Å². The van der Waals surface area contributed by atoms with Crippen molar-refractivity contribution in [3.63, 3.8) is 0 Å². The molecule has 0 atom stereocenters. The first-order valence-electron chi connectivity index (χ1n) is 4.66. The first-order valence-corrected chi connectivity index (χ1v) is 4.66. The van der Waals surface area contributed by atoms with Crippen LogP contribution >= 0.6 is 0 Å². The number of benzene rings is 1. The Hall–Kier alpha value is -1.84. The Morgan fingerprint density at radius 3 is 2.27 bits per heavy atom. The Morgan fingerprint density at radius 1 is 1.20 bits per heavy atom. The fraction of sp³-hybridized carbons (Fsp3) is 0.273. The van der Waals surface area contributed by atoms with Crippen molar-refractivity contribution in [1.29, 1.82) is 0 Å². The highest BCUT2D eigenvalue weighted by molar-refractivity contribution is 5.93. The first kappa shape index (κ1) is 9.71. The van der Waals surface area contributed by atoms with Gasteiger partial charge in [0, 0.05) is 12.8 Å². The largest absolute Gasteiger partial charge is 0.478 e. The van der Waals surface area contributed by atoms with E-state index in [-0.39, 0.29) is 0 Å². The smallest absolute Gasteiger partial charge is 0.348 e. The summed E-state index contributed by atoms with van der Waals surface area (Å²) in [5, 5.41) is 8.82. The van der Waals surface area contributed by atoms with Crippen molar-refractivity contribution in [3.05, 3.63) is 35.9 Å². The SMILES string of the molecule is O=C(OC1(C(=O)O)CC1)c1ccccc1. The van der Waals surface area contributed by atoms with E-state index in [2.05, 4.69) is 0 Å². The van der Waals surface area contributed by atoms with Gasteiger partial charge in [0.2, 0.25) is 5.60 Å². The highest BCUT2D eigenvalue weighted by atomic mass is 16.6. The van der Waals surface area contributed by atoms with E-state index >= 15 is 0 Å². The average Bonchev–Trinajstić information content (AvgIpc) is 3.00. The van der Waals surface area contributed by atoms with E-state index in [9.17, 15) is 9.59 Å². The molecule has 1 aromatic carbocycles. The molecule has 0 radical (unpaired) electrons. The van der Waals surface area contributed by atoms with Crippen molar-refractivity contribution < 1.29 is 19.4 Å². The minimum Gasteiger partial charge on any atom is -0.478 e. The molecule has 0 amide bonds. The second-order valence-corrected chi connectivity index (χ2v) is 3.55. The van der Waals surface area contributed by atoms with Gasteiger partial charge in [-0.25, -0.2) is 9.59 Å². The van der Waals surface area contributed by atoms with Gasteiger partial charge in [0.15, 0.2) is 0 Å². The molecule has 0 unspecified atom stereocenters. The molecule has 0 aromatic heterocycles. The zero-order valence-corrected chi connectivity index (χ0v) is 7.97. The summed E-state index contributed by atoms with van der Waals surface area (Å²) in [6.07, 6.45) is 0.807. The number of aliphatic carboxylic acids is 1. The van der Waals surface area contributed by atoms with Gasteiger partial charge >= 0.3 is 11.9 Å². The Bertz CT molecular complexity index is 392. The molecule has 1 aromatic rings. The van der Waals surface area contributed by atoms with Crippen molar-refractivity contribution in [2.75, 3.05) is 0 Å². The highest BCUT2D eigenvalue weighted by Crippen LogP contribution is 2.40. The topological polar surface area (TPSA) is 63.6 Å². The van der Waals surface area contributed by atoms with Gasteiger partial charge in [-0.3, -0.25) is 0 Å². The fourth-order valence-corrected chi connectivity index (χ4v) is 1.28. The molecule has 15 heavy (non-hydrogen) atoms. The summed E-state index contributed by atoms with van der Waals surface area (Å²) in [4.78, 5) is 22.3. The number of carbonyl (C=O) groups excluding carboxylic acids is 1. The van der Waals surface area contributed by atoms with Crippen LogP contribution in [0.25, 0.3) is 0 Å². The van der Waals surface area contributed by atoms with Gasteiger partial charge in [-0.1, -0.05) is 18.2 Å². The van der Waals surface area contributed by atoms with Crippen molar-refractivity contribution >= 4 is 11.9 Å². The Kier molecular flexibility index (Phi) is 2.19.